The van der Waals surface area contributed by atoms with Crippen LogP contribution in [0.4, 0.5) is 4.79 Å². The first-order valence-corrected chi connectivity index (χ1v) is 6.48. The first-order valence-electron chi connectivity index (χ1n) is 6.48. The lowest BCUT2D eigenvalue weighted by Gasteiger charge is -2.24. The quantitative estimate of drug-likeness (QED) is 0.742. The summed E-state index contributed by atoms with van der Waals surface area (Å²) in [5, 5.41) is 0. The van der Waals surface area contributed by atoms with Gasteiger partial charge in [0.1, 0.15) is 6.10 Å². The third kappa shape index (κ3) is 2.88. The van der Waals surface area contributed by atoms with E-state index in [-0.39, 0.29) is 18.2 Å². The number of ether oxygens (including phenoxy) is 1. The summed E-state index contributed by atoms with van der Waals surface area (Å²) in [5.74, 6) is 0. The SMILES string of the molecule is N[C@@H]1CCC[C@H]1OC(=O)N1CCCCCC1. The van der Waals surface area contributed by atoms with Crippen LogP contribution in [0.5, 0.6) is 0 Å². The van der Waals surface area contributed by atoms with E-state index in [2.05, 4.69) is 0 Å². The van der Waals surface area contributed by atoms with Crippen molar-refractivity contribution in [3.63, 3.8) is 0 Å². The monoisotopic (exact) mass is 226 g/mol. The highest BCUT2D eigenvalue weighted by Gasteiger charge is 2.29. The Labute approximate surface area is 97.1 Å². The number of hydrogen-bond acceptors (Lipinski definition) is 3. The van der Waals surface area contributed by atoms with E-state index in [0.29, 0.717) is 0 Å². The van der Waals surface area contributed by atoms with Gasteiger partial charge in [0.2, 0.25) is 0 Å². The van der Waals surface area contributed by atoms with Gasteiger partial charge in [-0.3, -0.25) is 0 Å². The maximum atomic E-state index is 11.9. The molecule has 2 aliphatic rings. The number of hydrogen-bond donors (Lipinski definition) is 1. The zero-order valence-corrected chi connectivity index (χ0v) is 9.86. The molecule has 1 saturated carbocycles. The topological polar surface area (TPSA) is 55.6 Å². The molecule has 0 aromatic carbocycles. The normalized spacial score (nSPS) is 31.2. The summed E-state index contributed by atoms with van der Waals surface area (Å²) in [5.41, 5.74) is 5.89. The van der Waals surface area contributed by atoms with Crippen LogP contribution in [0.3, 0.4) is 0 Å². The molecule has 0 aromatic rings. The Balaban J connectivity index is 1.81. The molecular weight excluding hydrogens is 204 g/mol. The lowest BCUT2D eigenvalue weighted by molar-refractivity contribution is 0.0598. The van der Waals surface area contributed by atoms with Crippen molar-refractivity contribution in [2.75, 3.05) is 13.1 Å². The lowest BCUT2D eigenvalue weighted by atomic mass is 10.2. The van der Waals surface area contributed by atoms with Gasteiger partial charge in [0, 0.05) is 19.1 Å². The number of carbonyl (C=O) groups is 1. The molecule has 92 valence electrons. The molecule has 0 spiro atoms. The molecule has 2 fully saturated rings. The molecule has 1 saturated heterocycles. The van der Waals surface area contributed by atoms with E-state index < -0.39 is 0 Å². The third-order valence-electron chi connectivity index (χ3n) is 3.62. The van der Waals surface area contributed by atoms with Gasteiger partial charge in [0.25, 0.3) is 0 Å². The van der Waals surface area contributed by atoms with Gasteiger partial charge in [0.15, 0.2) is 0 Å². The zero-order chi connectivity index (χ0) is 11.4. The second-order valence-corrected chi connectivity index (χ2v) is 4.92. The van der Waals surface area contributed by atoms with E-state index in [1.165, 1.54) is 12.8 Å². The maximum Gasteiger partial charge on any atom is 0.410 e. The first-order chi connectivity index (χ1) is 7.77. The van der Waals surface area contributed by atoms with Crippen LogP contribution in [0, 0.1) is 0 Å². The minimum Gasteiger partial charge on any atom is -0.444 e. The molecule has 1 aliphatic heterocycles. The molecule has 1 heterocycles. The first kappa shape index (κ1) is 11.7. The van der Waals surface area contributed by atoms with E-state index >= 15 is 0 Å². The molecule has 0 aromatic heterocycles. The summed E-state index contributed by atoms with van der Waals surface area (Å²) >= 11 is 0. The van der Waals surface area contributed by atoms with Gasteiger partial charge >= 0.3 is 6.09 Å². The van der Waals surface area contributed by atoms with Gasteiger partial charge < -0.3 is 15.4 Å². The van der Waals surface area contributed by atoms with Crippen molar-refractivity contribution in [2.45, 2.75) is 57.1 Å². The number of nitrogens with two attached hydrogens (primary N) is 1. The minimum atomic E-state index is -0.149. The maximum absolute atomic E-state index is 11.9. The van der Waals surface area contributed by atoms with E-state index in [9.17, 15) is 4.79 Å². The standard InChI is InChI=1S/C12H22N2O2/c13-10-6-5-7-11(10)16-12(15)14-8-3-1-2-4-9-14/h10-11H,1-9,13H2/t10-,11-/m1/s1. The Morgan fingerprint density at radius 2 is 1.75 bits per heavy atom. The highest BCUT2D eigenvalue weighted by atomic mass is 16.6. The molecule has 0 radical (unpaired) electrons. The third-order valence-corrected chi connectivity index (χ3v) is 3.62. The van der Waals surface area contributed by atoms with E-state index in [0.717, 1.165) is 45.2 Å². The molecule has 2 atom stereocenters. The van der Waals surface area contributed by atoms with Crippen LogP contribution in [-0.2, 0) is 4.74 Å². The highest BCUT2D eigenvalue weighted by Crippen LogP contribution is 2.21. The van der Waals surface area contributed by atoms with Gasteiger partial charge in [-0.05, 0) is 32.1 Å². The molecular formula is C12H22N2O2. The molecule has 1 amide bonds. The Morgan fingerprint density at radius 1 is 1.06 bits per heavy atom. The number of likely N-dealkylation sites (tertiary alicyclic amines) is 1. The van der Waals surface area contributed by atoms with Crippen molar-refractivity contribution in [3.05, 3.63) is 0 Å². The summed E-state index contributed by atoms with van der Waals surface area (Å²) in [6, 6.07) is 0.0518. The van der Waals surface area contributed by atoms with Gasteiger partial charge in [-0.15, -0.1) is 0 Å². The Hall–Kier alpha value is -0.770. The van der Waals surface area contributed by atoms with Crippen molar-refractivity contribution >= 4 is 6.09 Å². The second-order valence-electron chi connectivity index (χ2n) is 4.92. The molecule has 0 bridgehead atoms. The van der Waals surface area contributed by atoms with Crippen molar-refractivity contribution in [2.24, 2.45) is 5.73 Å². The average Bonchev–Trinajstić information content (AvgIpc) is 2.57. The predicted molar refractivity (Wildman–Crippen MR) is 62.1 cm³/mol. The molecule has 0 unspecified atom stereocenters. The van der Waals surface area contributed by atoms with E-state index in [4.69, 9.17) is 10.5 Å². The average molecular weight is 226 g/mol. The summed E-state index contributed by atoms with van der Waals surface area (Å²) in [7, 11) is 0. The predicted octanol–water partition coefficient (Wildman–Crippen LogP) is 1.88. The summed E-state index contributed by atoms with van der Waals surface area (Å²) < 4.78 is 5.48. The van der Waals surface area contributed by atoms with Crippen LogP contribution >= 0.6 is 0 Å². The fourth-order valence-electron chi connectivity index (χ4n) is 2.56. The zero-order valence-electron chi connectivity index (χ0n) is 9.86. The van der Waals surface area contributed by atoms with E-state index in [1.807, 2.05) is 4.90 Å². The van der Waals surface area contributed by atoms with Gasteiger partial charge in [0.05, 0.1) is 0 Å². The van der Waals surface area contributed by atoms with Crippen LogP contribution in [0.2, 0.25) is 0 Å². The van der Waals surface area contributed by atoms with Gasteiger partial charge in [-0.1, -0.05) is 12.8 Å². The smallest absolute Gasteiger partial charge is 0.410 e. The summed E-state index contributed by atoms with van der Waals surface area (Å²) in [4.78, 5) is 13.7. The number of rotatable bonds is 1. The number of nitrogens with zero attached hydrogens (tertiary/aromatic N) is 1. The molecule has 2 rings (SSSR count). The van der Waals surface area contributed by atoms with E-state index in [1.54, 1.807) is 0 Å². The van der Waals surface area contributed by atoms with Crippen LogP contribution in [-0.4, -0.2) is 36.2 Å². The fraction of sp³-hybridized carbons (Fsp3) is 0.917. The number of amides is 1. The fourth-order valence-corrected chi connectivity index (χ4v) is 2.56. The molecule has 2 N–H and O–H groups in total. The lowest BCUT2D eigenvalue weighted by Crippen LogP contribution is -2.39. The molecule has 4 nitrogen and oxygen atoms in total. The van der Waals surface area contributed by atoms with Crippen molar-refractivity contribution < 1.29 is 9.53 Å². The van der Waals surface area contributed by atoms with Gasteiger partial charge in [-0.25, -0.2) is 4.79 Å². The molecule has 1 aliphatic carbocycles. The second kappa shape index (κ2) is 5.53. The largest absolute Gasteiger partial charge is 0.444 e. The van der Waals surface area contributed by atoms with Crippen molar-refractivity contribution in [1.29, 1.82) is 0 Å². The van der Waals surface area contributed by atoms with Crippen LogP contribution in [0.15, 0.2) is 0 Å². The minimum absolute atomic E-state index is 0.0456. The summed E-state index contributed by atoms with van der Waals surface area (Å²) in [6.45, 7) is 1.70. The van der Waals surface area contributed by atoms with Crippen LogP contribution < -0.4 is 5.73 Å². The number of carbonyl (C=O) groups excluding carboxylic acids is 1. The molecule has 16 heavy (non-hydrogen) atoms. The van der Waals surface area contributed by atoms with Crippen LogP contribution in [0.25, 0.3) is 0 Å². The molecule has 4 heteroatoms. The van der Waals surface area contributed by atoms with Gasteiger partial charge in [-0.2, -0.15) is 0 Å². The summed E-state index contributed by atoms with van der Waals surface area (Å²) in [6.07, 6.45) is 7.47. The Bertz CT molecular complexity index is 237. The highest BCUT2D eigenvalue weighted by molar-refractivity contribution is 5.67. The van der Waals surface area contributed by atoms with Crippen molar-refractivity contribution in [3.8, 4) is 0 Å². The van der Waals surface area contributed by atoms with Crippen molar-refractivity contribution in [1.82, 2.24) is 4.90 Å². The van der Waals surface area contributed by atoms with Crippen LogP contribution in [0.1, 0.15) is 44.9 Å². The Morgan fingerprint density at radius 3 is 2.31 bits per heavy atom. The Kier molecular flexibility index (Phi) is 4.04.